The Balaban J connectivity index is 1.37. The topological polar surface area (TPSA) is 101 Å². The number of likely N-dealkylation sites (tertiary alicyclic amines) is 1. The number of halogens is 1. The summed E-state index contributed by atoms with van der Waals surface area (Å²) in [6.07, 6.45) is 2.16. The molecule has 198 valence electrons. The standard InChI is InChI=1S/C28H28FN3O6/c1-36-22-5-2-4-20(16-22)27(35)32-24(25(33)30-17-23-6-3-15-37-23)18-38-28(32)11-13-31(14-12-28)26(34)19-7-9-21(29)10-8-19/h2-10,15-16,24H,11-14,17-18H2,1H3,(H,30,33). The summed E-state index contributed by atoms with van der Waals surface area (Å²) in [5.41, 5.74) is -0.316. The van der Waals surface area contributed by atoms with Crippen molar-refractivity contribution in [3.05, 3.63) is 89.6 Å². The second-order valence-electron chi connectivity index (χ2n) is 9.28. The first-order chi connectivity index (χ1) is 18.4. The monoisotopic (exact) mass is 521 g/mol. The number of nitrogens with one attached hydrogen (secondary N) is 1. The van der Waals surface area contributed by atoms with Crippen LogP contribution in [0.15, 0.2) is 71.3 Å². The number of methoxy groups -OCH3 is 1. The van der Waals surface area contributed by atoms with Gasteiger partial charge in [0.2, 0.25) is 5.91 Å². The van der Waals surface area contributed by atoms with Crippen LogP contribution in [0.4, 0.5) is 4.39 Å². The fourth-order valence-corrected chi connectivity index (χ4v) is 5.00. The van der Waals surface area contributed by atoms with E-state index in [1.807, 2.05) is 0 Å². The first-order valence-corrected chi connectivity index (χ1v) is 12.4. The van der Waals surface area contributed by atoms with Gasteiger partial charge in [-0.15, -0.1) is 0 Å². The summed E-state index contributed by atoms with van der Waals surface area (Å²) in [6.45, 7) is 0.805. The van der Waals surface area contributed by atoms with Crippen molar-refractivity contribution in [2.24, 2.45) is 0 Å². The van der Waals surface area contributed by atoms with Crippen molar-refractivity contribution in [1.29, 1.82) is 0 Å². The zero-order chi connectivity index (χ0) is 26.7. The van der Waals surface area contributed by atoms with Gasteiger partial charge in [-0.3, -0.25) is 19.3 Å². The van der Waals surface area contributed by atoms with E-state index in [2.05, 4.69) is 5.32 Å². The van der Waals surface area contributed by atoms with E-state index in [1.165, 1.54) is 42.5 Å². The molecule has 1 aromatic heterocycles. The Labute approximate surface area is 219 Å². The van der Waals surface area contributed by atoms with Gasteiger partial charge in [0.05, 0.1) is 26.5 Å². The van der Waals surface area contributed by atoms with Crippen molar-refractivity contribution in [3.8, 4) is 5.75 Å². The Hall–Kier alpha value is -4.18. The molecule has 0 radical (unpaired) electrons. The van der Waals surface area contributed by atoms with Crippen LogP contribution in [-0.2, 0) is 16.1 Å². The lowest BCUT2D eigenvalue weighted by molar-refractivity contribution is -0.128. The number of carbonyl (C=O) groups excluding carboxylic acids is 3. The first-order valence-electron chi connectivity index (χ1n) is 12.4. The molecule has 1 unspecified atom stereocenters. The van der Waals surface area contributed by atoms with Crippen molar-refractivity contribution in [3.63, 3.8) is 0 Å². The van der Waals surface area contributed by atoms with Crippen molar-refractivity contribution in [1.82, 2.24) is 15.1 Å². The van der Waals surface area contributed by atoms with Crippen LogP contribution in [-0.4, -0.2) is 66.1 Å². The lowest BCUT2D eigenvalue weighted by Gasteiger charge is -2.44. The Morgan fingerprint density at radius 2 is 1.79 bits per heavy atom. The van der Waals surface area contributed by atoms with Crippen LogP contribution >= 0.6 is 0 Å². The molecule has 38 heavy (non-hydrogen) atoms. The zero-order valence-corrected chi connectivity index (χ0v) is 20.9. The average molecular weight is 522 g/mol. The van der Waals surface area contributed by atoms with Crippen LogP contribution in [0.5, 0.6) is 5.75 Å². The SMILES string of the molecule is COc1cccc(C(=O)N2C(C(=O)NCc3ccco3)COC23CCN(C(=O)c2ccc(F)cc2)CC3)c1. The van der Waals surface area contributed by atoms with Gasteiger partial charge in [-0.1, -0.05) is 6.07 Å². The van der Waals surface area contributed by atoms with Crippen LogP contribution < -0.4 is 10.1 Å². The van der Waals surface area contributed by atoms with Gasteiger partial charge < -0.3 is 24.1 Å². The number of carbonyl (C=O) groups is 3. The molecule has 0 aliphatic carbocycles. The third kappa shape index (κ3) is 4.99. The number of amides is 3. The van der Waals surface area contributed by atoms with E-state index in [1.54, 1.807) is 41.3 Å². The molecule has 10 heteroatoms. The molecule has 2 aromatic carbocycles. The summed E-state index contributed by atoms with van der Waals surface area (Å²) < 4.78 is 30.1. The number of hydrogen-bond acceptors (Lipinski definition) is 6. The predicted octanol–water partition coefficient (Wildman–Crippen LogP) is 3.22. The molecule has 5 rings (SSSR count). The van der Waals surface area contributed by atoms with E-state index in [0.717, 1.165) is 0 Å². The van der Waals surface area contributed by atoms with Gasteiger partial charge >= 0.3 is 0 Å². The first kappa shape index (κ1) is 25.5. The number of piperidine rings is 1. The van der Waals surface area contributed by atoms with Crippen LogP contribution in [0.3, 0.4) is 0 Å². The molecular weight excluding hydrogens is 493 g/mol. The van der Waals surface area contributed by atoms with Gasteiger partial charge in [0.1, 0.15) is 29.1 Å². The molecule has 0 saturated carbocycles. The van der Waals surface area contributed by atoms with Gasteiger partial charge in [0.15, 0.2) is 0 Å². The molecule has 2 saturated heterocycles. The smallest absolute Gasteiger partial charge is 0.257 e. The summed E-state index contributed by atoms with van der Waals surface area (Å²) >= 11 is 0. The Bertz CT molecular complexity index is 1300. The summed E-state index contributed by atoms with van der Waals surface area (Å²) in [6, 6.07) is 14.8. The number of benzene rings is 2. The highest BCUT2D eigenvalue weighted by Gasteiger charge is 2.54. The normalized spacial score (nSPS) is 18.4. The van der Waals surface area contributed by atoms with E-state index in [4.69, 9.17) is 13.9 Å². The predicted molar refractivity (Wildman–Crippen MR) is 134 cm³/mol. The van der Waals surface area contributed by atoms with Gasteiger partial charge in [-0.2, -0.15) is 0 Å². The fourth-order valence-electron chi connectivity index (χ4n) is 5.00. The lowest BCUT2D eigenvalue weighted by Crippen LogP contribution is -2.59. The second kappa shape index (κ2) is 10.7. The zero-order valence-electron chi connectivity index (χ0n) is 20.9. The minimum Gasteiger partial charge on any atom is -0.497 e. The van der Waals surface area contributed by atoms with Gasteiger partial charge in [-0.05, 0) is 54.6 Å². The lowest BCUT2D eigenvalue weighted by atomic mass is 9.96. The highest BCUT2D eigenvalue weighted by molar-refractivity contribution is 5.99. The fraction of sp³-hybridized carbons (Fsp3) is 0.321. The molecule has 3 heterocycles. The summed E-state index contributed by atoms with van der Waals surface area (Å²) in [7, 11) is 1.52. The van der Waals surface area contributed by atoms with Crippen molar-refractivity contribution >= 4 is 17.7 Å². The summed E-state index contributed by atoms with van der Waals surface area (Å²) in [5, 5.41) is 2.83. The molecule has 0 bridgehead atoms. The van der Waals surface area contributed by atoms with Crippen molar-refractivity contribution in [2.75, 3.05) is 26.8 Å². The van der Waals surface area contributed by atoms with Gasteiger partial charge in [0, 0.05) is 37.1 Å². The Kier molecular flexibility index (Phi) is 7.15. The van der Waals surface area contributed by atoms with Crippen LogP contribution in [0.2, 0.25) is 0 Å². The second-order valence-corrected chi connectivity index (χ2v) is 9.28. The molecule has 2 fully saturated rings. The highest BCUT2D eigenvalue weighted by Crippen LogP contribution is 2.39. The minimum absolute atomic E-state index is 0.0194. The van der Waals surface area contributed by atoms with E-state index >= 15 is 0 Å². The number of hydrogen-bond donors (Lipinski definition) is 1. The van der Waals surface area contributed by atoms with Crippen LogP contribution in [0.1, 0.15) is 39.3 Å². The van der Waals surface area contributed by atoms with Gasteiger partial charge in [0.25, 0.3) is 11.8 Å². The Morgan fingerprint density at radius 1 is 1.03 bits per heavy atom. The van der Waals surface area contributed by atoms with E-state index in [9.17, 15) is 18.8 Å². The third-order valence-electron chi connectivity index (χ3n) is 7.04. The number of nitrogens with zero attached hydrogens (tertiary/aromatic N) is 2. The maximum atomic E-state index is 13.9. The molecule has 2 aliphatic heterocycles. The molecular formula is C28H28FN3O6. The largest absolute Gasteiger partial charge is 0.497 e. The molecule has 1 N–H and O–H groups in total. The molecule has 3 aromatic rings. The van der Waals surface area contributed by atoms with Gasteiger partial charge in [-0.25, -0.2) is 4.39 Å². The number of furan rings is 1. The number of ether oxygens (including phenoxy) is 2. The number of rotatable bonds is 6. The molecule has 9 nitrogen and oxygen atoms in total. The van der Waals surface area contributed by atoms with E-state index < -0.39 is 17.6 Å². The Morgan fingerprint density at radius 3 is 2.47 bits per heavy atom. The van der Waals surface area contributed by atoms with E-state index in [-0.39, 0.29) is 30.9 Å². The molecule has 3 amide bonds. The minimum atomic E-state index is -1.06. The highest BCUT2D eigenvalue weighted by atomic mass is 19.1. The van der Waals surface area contributed by atoms with Crippen LogP contribution in [0, 0.1) is 5.82 Å². The molecule has 1 atom stereocenters. The summed E-state index contributed by atoms with van der Waals surface area (Å²) in [5.74, 6) is -0.260. The summed E-state index contributed by atoms with van der Waals surface area (Å²) in [4.78, 5) is 43.3. The maximum Gasteiger partial charge on any atom is 0.257 e. The maximum absolute atomic E-state index is 13.9. The molecule has 2 aliphatic rings. The van der Waals surface area contributed by atoms with E-state index in [0.29, 0.717) is 48.6 Å². The average Bonchev–Trinajstić information content (AvgIpc) is 3.60. The van der Waals surface area contributed by atoms with Crippen molar-refractivity contribution in [2.45, 2.75) is 31.2 Å². The van der Waals surface area contributed by atoms with Crippen molar-refractivity contribution < 1.29 is 32.7 Å². The quantitative estimate of drug-likeness (QED) is 0.535. The van der Waals surface area contributed by atoms with Crippen LogP contribution in [0.25, 0.3) is 0 Å². The third-order valence-corrected chi connectivity index (χ3v) is 7.04. The molecule has 1 spiro atoms.